The molecule has 0 atom stereocenters. The zero-order valence-corrected chi connectivity index (χ0v) is 14.3. The number of hydrogen-bond donors (Lipinski definition) is 1. The fourth-order valence-corrected chi connectivity index (χ4v) is 3.01. The minimum Gasteiger partial charge on any atom is -0.322 e. The zero-order chi connectivity index (χ0) is 17.8. The van der Waals surface area contributed by atoms with Gasteiger partial charge in [0.2, 0.25) is 0 Å². The molecule has 1 aliphatic rings. The Morgan fingerprint density at radius 3 is 2.40 bits per heavy atom. The number of carbonyl (C=O) groups excluding carboxylic acids is 1. The topological polar surface area (TPSA) is 32.3 Å². The molecule has 5 heteroatoms. The van der Waals surface area contributed by atoms with Crippen molar-refractivity contribution in [2.24, 2.45) is 5.92 Å². The van der Waals surface area contributed by atoms with Gasteiger partial charge in [-0.2, -0.15) is 0 Å². The maximum Gasteiger partial charge on any atom is 0.255 e. The van der Waals surface area contributed by atoms with Crippen LogP contribution in [0, 0.1) is 17.6 Å². The van der Waals surface area contributed by atoms with E-state index in [-0.39, 0.29) is 5.56 Å². The molecule has 3 rings (SSSR count). The lowest BCUT2D eigenvalue weighted by molar-refractivity contribution is 0.102. The van der Waals surface area contributed by atoms with Crippen molar-refractivity contribution < 1.29 is 13.6 Å². The minimum atomic E-state index is -1.03. The Balaban J connectivity index is 1.58. The molecule has 0 unspecified atom stereocenters. The summed E-state index contributed by atoms with van der Waals surface area (Å²) in [5, 5.41) is 2.70. The third-order valence-corrected chi connectivity index (χ3v) is 4.68. The number of nitrogens with zero attached hydrogens (tertiary/aromatic N) is 1. The predicted molar refractivity (Wildman–Crippen MR) is 94.4 cm³/mol. The second kappa shape index (κ2) is 7.74. The maximum atomic E-state index is 13.2. The Hall–Kier alpha value is -2.27. The highest BCUT2D eigenvalue weighted by atomic mass is 19.2. The summed E-state index contributed by atoms with van der Waals surface area (Å²) in [5.74, 6) is -1.64. The quantitative estimate of drug-likeness (QED) is 0.889. The van der Waals surface area contributed by atoms with Gasteiger partial charge in [0.05, 0.1) is 0 Å². The normalized spacial score (nSPS) is 16.0. The van der Waals surface area contributed by atoms with Gasteiger partial charge in [0, 0.05) is 17.8 Å². The van der Waals surface area contributed by atoms with Gasteiger partial charge in [0.1, 0.15) is 0 Å². The number of halogens is 2. The molecule has 1 heterocycles. The highest BCUT2D eigenvalue weighted by molar-refractivity contribution is 6.04. The third-order valence-electron chi connectivity index (χ3n) is 4.68. The lowest BCUT2D eigenvalue weighted by atomic mass is 9.99. The molecular formula is C20H22F2N2O. The highest BCUT2D eigenvalue weighted by Crippen LogP contribution is 2.19. The summed E-state index contributed by atoms with van der Waals surface area (Å²) < 4.78 is 26.2. The van der Waals surface area contributed by atoms with Gasteiger partial charge in [0.15, 0.2) is 11.6 Å². The van der Waals surface area contributed by atoms with E-state index in [1.54, 1.807) is 0 Å². The van der Waals surface area contributed by atoms with Crippen LogP contribution in [0.25, 0.3) is 0 Å². The molecule has 25 heavy (non-hydrogen) atoms. The monoisotopic (exact) mass is 344 g/mol. The van der Waals surface area contributed by atoms with E-state index in [4.69, 9.17) is 0 Å². The predicted octanol–water partition coefficient (Wildman–Crippen LogP) is 4.45. The standard InChI is InChI=1S/C20H22F2N2O/c1-14-8-10-24(11-9-14)13-15-2-5-17(6-3-15)23-20(25)16-4-7-18(21)19(22)12-16/h2-7,12,14H,8-11,13H2,1H3,(H,23,25). The Labute approximate surface area is 146 Å². The van der Waals surface area contributed by atoms with Crippen molar-refractivity contribution in [3.63, 3.8) is 0 Å². The van der Waals surface area contributed by atoms with Crippen LogP contribution in [0.1, 0.15) is 35.7 Å². The zero-order valence-electron chi connectivity index (χ0n) is 14.3. The van der Waals surface area contributed by atoms with Gasteiger partial charge in [-0.3, -0.25) is 9.69 Å². The van der Waals surface area contributed by atoms with Crippen LogP contribution in [-0.2, 0) is 6.54 Å². The van der Waals surface area contributed by atoms with Crippen molar-refractivity contribution in [3.05, 3.63) is 65.2 Å². The van der Waals surface area contributed by atoms with Crippen LogP contribution in [0.2, 0.25) is 0 Å². The Morgan fingerprint density at radius 1 is 1.08 bits per heavy atom. The van der Waals surface area contributed by atoms with E-state index < -0.39 is 17.5 Å². The average Bonchev–Trinajstić information content (AvgIpc) is 2.61. The summed E-state index contributed by atoms with van der Waals surface area (Å²) in [6.07, 6.45) is 2.48. The van der Waals surface area contributed by atoms with Gasteiger partial charge >= 0.3 is 0 Å². The van der Waals surface area contributed by atoms with Gasteiger partial charge in [-0.1, -0.05) is 19.1 Å². The molecule has 132 valence electrons. The van der Waals surface area contributed by atoms with Crippen LogP contribution < -0.4 is 5.32 Å². The van der Waals surface area contributed by atoms with Crippen LogP contribution in [0.15, 0.2) is 42.5 Å². The number of benzene rings is 2. The van der Waals surface area contributed by atoms with Crippen molar-refractivity contribution in [1.29, 1.82) is 0 Å². The lowest BCUT2D eigenvalue weighted by Crippen LogP contribution is -2.32. The number of carbonyl (C=O) groups is 1. The summed E-state index contributed by atoms with van der Waals surface area (Å²) in [4.78, 5) is 14.5. The fourth-order valence-electron chi connectivity index (χ4n) is 3.01. The van der Waals surface area contributed by atoms with Crippen LogP contribution in [0.3, 0.4) is 0 Å². The lowest BCUT2D eigenvalue weighted by Gasteiger charge is -2.30. The smallest absolute Gasteiger partial charge is 0.255 e. The Morgan fingerprint density at radius 2 is 1.76 bits per heavy atom. The molecule has 2 aromatic rings. The van der Waals surface area contributed by atoms with E-state index in [1.165, 1.54) is 24.5 Å². The molecular weight excluding hydrogens is 322 g/mol. The van der Waals surface area contributed by atoms with E-state index in [0.29, 0.717) is 5.69 Å². The molecule has 0 spiro atoms. The summed E-state index contributed by atoms with van der Waals surface area (Å²) in [5.41, 5.74) is 1.91. The number of amides is 1. The molecule has 1 fully saturated rings. The van der Waals surface area contributed by atoms with Crippen molar-refractivity contribution in [1.82, 2.24) is 4.90 Å². The van der Waals surface area contributed by atoms with E-state index in [1.807, 2.05) is 24.3 Å². The molecule has 1 amide bonds. The number of hydrogen-bond acceptors (Lipinski definition) is 2. The summed E-state index contributed by atoms with van der Waals surface area (Å²) in [6, 6.07) is 10.7. The van der Waals surface area contributed by atoms with E-state index >= 15 is 0 Å². The van der Waals surface area contributed by atoms with Crippen molar-refractivity contribution in [2.75, 3.05) is 18.4 Å². The molecule has 0 saturated carbocycles. The number of piperidine rings is 1. The Kier molecular flexibility index (Phi) is 5.43. The molecule has 0 radical (unpaired) electrons. The molecule has 1 saturated heterocycles. The first-order valence-electron chi connectivity index (χ1n) is 8.59. The summed E-state index contributed by atoms with van der Waals surface area (Å²) in [6.45, 7) is 5.44. The van der Waals surface area contributed by atoms with Crippen molar-refractivity contribution >= 4 is 11.6 Å². The van der Waals surface area contributed by atoms with Gasteiger partial charge in [0.25, 0.3) is 5.91 Å². The van der Waals surface area contributed by atoms with Gasteiger partial charge < -0.3 is 5.32 Å². The van der Waals surface area contributed by atoms with Gasteiger partial charge in [-0.25, -0.2) is 8.78 Å². The second-order valence-corrected chi connectivity index (χ2v) is 6.74. The fraction of sp³-hybridized carbons (Fsp3) is 0.350. The van der Waals surface area contributed by atoms with Gasteiger partial charge in [-0.05, 0) is 67.7 Å². The number of rotatable bonds is 4. The van der Waals surface area contributed by atoms with E-state index in [0.717, 1.165) is 37.7 Å². The maximum absolute atomic E-state index is 13.2. The van der Waals surface area contributed by atoms with E-state index in [2.05, 4.69) is 17.1 Å². The highest BCUT2D eigenvalue weighted by Gasteiger charge is 2.15. The number of likely N-dealkylation sites (tertiary alicyclic amines) is 1. The average molecular weight is 344 g/mol. The number of anilines is 1. The van der Waals surface area contributed by atoms with Crippen LogP contribution in [0.4, 0.5) is 14.5 Å². The third kappa shape index (κ3) is 4.63. The Bertz CT molecular complexity index is 738. The SMILES string of the molecule is CC1CCN(Cc2ccc(NC(=O)c3ccc(F)c(F)c3)cc2)CC1. The molecule has 1 N–H and O–H groups in total. The summed E-state index contributed by atoms with van der Waals surface area (Å²) >= 11 is 0. The molecule has 0 aliphatic carbocycles. The molecule has 3 nitrogen and oxygen atoms in total. The van der Waals surface area contributed by atoms with Crippen molar-refractivity contribution in [3.8, 4) is 0 Å². The first kappa shape index (κ1) is 17.5. The van der Waals surface area contributed by atoms with Crippen LogP contribution in [0.5, 0.6) is 0 Å². The molecule has 0 bridgehead atoms. The van der Waals surface area contributed by atoms with Gasteiger partial charge in [-0.15, -0.1) is 0 Å². The molecule has 2 aromatic carbocycles. The largest absolute Gasteiger partial charge is 0.322 e. The van der Waals surface area contributed by atoms with E-state index in [9.17, 15) is 13.6 Å². The van der Waals surface area contributed by atoms with Crippen LogP contribution >= 0.6 is 0 Å². The minimum absolute atomic E-state index is 0.0883. The number of nitrogens with one attached hydrogen (secondary N) is 1. The van der Waals surface area contributed by atoms with Crippen molar-refractivity contribution in [2.45, 2.75) is 26.3 Å². The second-order valence-electron chi connectivity index (χ2n) is 6.74. The summed E-state index contributed by atoms with van der Waals surface area (Å²) in [7, 11) is 0. The first-order valence-corrected chi connectivity index (χ1v) is 8.59. The first-order chi connectivity index (χ1) is 12.0. The molecule has 1 aliphatic heterocycles. The van der Waals surface area contributed by atoms with Crippen LogP contribution in [-0.4, -0.2) is 23.9 Å². The molecule has 0 aromatic heterocycles.